The van der Waals surface area contributed by atoms with Crippen LogP contribution in [0, 0.1) is 5.92 Å². The molecule has 0 spiro atoms. The number of thiophene rings is 1. The van der Waals surface area contributed by atoms with Gasteiger partial charge in [-0.05, 0) is 42.7 Å². The molecule has 0 radical (unpaired) electrons. The van der Waals surface area contributed by atoms with Crippen LogP contribution in [0.4, 0.5) is 5.82 Å². The first-order valence-electron chi connectivity index (χ1n) is 10.4. The highest BCUT2D eigenvalue weighted by Crippen LogP contribution is 2.37. The van der Waals surface area contributed by atoms with E-state index in [1.54, 1.807) is 11.3 Å². The molecular formula is C23H27N3O2S. The van der Waals surface area contributed by atoms with Crippen LogP contribution in [-0.4, -0.2) is 22.0 Å². The molecule has 1 aromatic carbocycles. The molecule has 1 atom stereocenters. The molecule has 0 unspecified atom stereocenters. The first kappa shape index (κ1) is 20.0. The van der Waals surface area contributed by atoms with Crippen LogP contribution in [0.5, 0.6) is 0 Å². The Morgan fingerprint density at radius 1 is 1.17 bits per heavy atom. The van der Waals surface area contributed by atoms with Crippen LogP contribution in [-0.2, 0) is 24.1 Å². The van der Waals surface area contributed by atoms with E-state index < -0.39 is 12.0 Å². The monoisotopic (exact) mass is 409 g/mol. The second-order valence-corrected chi connectivity index (χ2v) is 9.38. The molecule has 152 valence electrons. The minimum absolute atomic E-state index is 0.270. The normalized spacial score (nSPS) is 14.9. The van der Waals surface area contributed by atoms with Crippen LogP contribution in [0.2, 0.25) is 0 Å². The van der Waals surface area contributed by atoms with E-state index in [2.05, 4.69) is 12.1 Å². The molecule has 0 fully saturated rings. The fourth-order valence-electron chi connectivity index (χ4n) is 4.14. The number of rotatable bonds is 7. The average Bonchev–Trinajstić information content (AvgIpc) is 3.06. The SMILES string of the molecule is CC(C)C[C@H]([NH2+]c1nc(Cc2ccccc2)nc2sc3c(c12)CCCC3)C(=O)[O-]. The number of nitrogens with zero attached hydrogens (tertiary/aromatic N) is 2. The van der Waals surface area contributed by atoms with Crippen LogP contribution >= 0.6 is 11.3 Å². The number of carboxylic acid groups (broad SMARTS) is 1. The zero-order valence-electron chi connectivity index (χ0n) is 17.0. The van der Waals surface area contributed by atoms with Gasteiger partial charge in [-0.1, -0.05) is 44.2 Å². The summed E-state index contributed by atoms with van der Waals surface area (Å²) in [7, 11) is 0. The van der Waals surface area contributed by atoms with Gasteiger partial charge in [-0.25, -0.2) is 4.98 Å². The van der Waals surface area contributed by atoms with Gasteiger partial charge in [0.2, 0.25) is 5.82 Å². The number of benzene rings is 1. The second kappa shape index (κ2) is 8.59. The number of hydrogen-bond donors (Lipinski definition) is 1. The van der Waals surface area contributed by atoms with E-state index in [-0.39, 0.29) is 5.92 Å². The zero-order valence-corrected chi connectivity index (χ0v) is 17.8. The summed E-state index contributed by atoms with van der Waals surface area (Å²) in [5.41, 5.74) is 2.48. The predicted molar refractivity (Wildman–Crippen MR) is 113 cm³/mol. The fourth-order valence-corrected chi connectivity index (χ4v) is 5.43. The van der Waals surface area contributed by atoms with E-state index >= 15 is 0 Å². The molecule has 2 heterocycles. The summed E-state index contributed by atoms with van der Waals surface area (Å²) in [6.45, 7) is 4.07. The van der Waals surface area contributed by atoms with Crippen LogP contribution < -0.4 is 10.4 Å². The summed E-state index contributed by atoms with van der Waals surface area (Å²) >= 11 is 1.75. The lowest BCUT2D eigenvalue weighted by Crippen LogP contribution is -2.88. The number of aliphatic carboxylic acids is 1. The van der Waals surface area contributed by atoms with Crippen molar-refractivity contribution < 1.29 is 15.2 Å². The van der Waals surface area contributed by atoms with Gasteiger partial charge in [0.1, 0.15) is 16.7 Å². The van der Waals surface area contributed by atoms with E-state index in [0.717, 1.165) is 40.3 Å². The highest BCUT2D eigenvalue weighted by Gasteiger charge is 2.26. The van der Waals surface area contributed by atoms with Crippen LogP contribution in [0.1, 0.15) is 54.9 Å². The first-order chi connectivity index (χ1) is 14.0. The standard InChI is InChI=1S/C23H27N3O2S/c1-14(2)12-17(23(27)28)24-21-20-16-10-6-7-11-18(16)29-22(20)26-19(25-21)13-15-8-4-3-5-9-15/h3-5,8-9,14,17H,6-7,10-13H2,1-2H3,(H,27,28)(H,24,25,26)/t17-/m0/s1. The number of fused-ring (bicyclic) bond motifs is 3. The van der Waals surface area contributed by atoms with E-state index in [1.807, 2.05) is 37.4 Å². The molecule has 0 saturated heterocycles. The number of carboxylic acids is 1. The summed E-state index contributed by atoms with van der Waals surface area (Å²) < 4.78 is 0. The lowest BCUT2D eigenvalue weighted by Gasteiger charge is -2.19. The number of hydrogen-bond acceptors (Lipinski definition) is 5. The number of quaternary nitrogens is 1. The van der Waals surface area contributed by atoms with Gasteiger partial charge in [-0.15, -0.1) is 11.3 Å². The van der Waals surface area contributed by atoms with Gasteiger partial charge in [-0.2, -0.15) is 4.98 Å². The van der Waals surface area contributed by atoms with Crippen molar-refractivity contribution in [3.63, 3.8) is 0 Å². The minimum atomic E-state index is -1.03. The number of aromatic nitrogens is 2. The summed E-state index contributed by atoms with van der Waals surface area (Å²) in [6, 6.07) is 9.52. The van der Waals surface area contributed by atoms with Gasteiger partial charge in [-0.3, -0.25) is 5.32 Å². The Labute approximate surface area is 175 Å². The topological polar surface area (TPSA) is 82.5 Å². The number of carbonyl (C=O) groups excluding carboxylic acids is 1. The summed E-state index contributed by atoms with van der Waals surface area (Å²) in [4.78, 5) is 23.9. The van der Waals surface area contributed by atoms with Crippen molar-refractivity contribution in [1.29, 1.82) is 0 Å². The first-order valence-corrected chi connectivity index (χ1v) is 11.2. The van der Waals surface area contributed by atoms with Crippen LogP contribution in [0.15, 0.2) is 30.3 Å². The third-order valence-corrected chi connectivity index (χ3v) is 6.67. The zero-order chi connectivity index (χ0) is 20.4. The molecule has 5 nitrogen and oxygen atoms in total. The smallest absolute Gasteiger partial charge is 0.237 e. The van der Waals surface area contributed by atoms with Gasteiger partial charge in [0, 0.05) is 17.7 Å². The molecule has 0 amide bonds. The van der Waals surface area contributed by atoms with Crippen molar-refractivity contribution in [3.8, 4) is 0 Å². The van der Waals surface area contributed by atoms with Crippen molar-refractivity contribution >= 4 is 33.3 Å². The Bertz CT molecular complexity index is 1010. The molecular weight excluding hydrogens is 382 g/mol. The number of carbonyl (C=O) groups is 1. The molecule has 2 N–H and O–H groups in total. The molecule has 0 bridgehead atoms. The quantitative estimate of drug-likeness (QED) is 0.650. The Kier molecular flexibility index (Phi) is 5.92. The maximum Gasteiger partial charge on any atom is 0.237 e. The van der Waals surface area contributed by atoms with Crippen molar-refractivity contribution in [2.24, 2.45) is 5.92 Å². The lowest BCUT2D eigenvalue weighted by atomic mass is 9.96. The highest BCUT2D eigenvalue weighted by molar-refractivity contribution is 7.18. The van der Waals surface area contributed by atoms with Gasteiger partial charge < -0.3 is 9.90 Å². The molecule has 2 aromatic heterocycles. The van der Waals surface area contributed by atoms with Gasteiger partial charge in [0.25, 0.3) is 0 Å². The Morgan fingerprint density at radius 2 is 1.93 bits per heavy atom. The third-order valence-electron chi connectivity index (χ3n) is 5.48. The van der Waals surface area contributed by atoms with E-state index in [1.165, 1.54) is 23.3 Å². The molecule has 0 saturated carbocycles. The van der Waals surface area contributed by atoms with E-state index in [9.17, 15) is 9.90 Å². The maximum atomic E-state index is 11.8. The summed E-state index contributed by atoms with van der Waals surface area (Å²) in [6.07, 6.45) is 5.67. The van der Waals surface area contributed by atoms with Crippen molar-refractivity contribution in [3.05, 3.63) is 52.2 Å². The Balaban J connectivity index is 1.78. The highest BCUT2D eigenvalue weighted by atomic mass is 32.1. The molecule has 1 aliphatic carbocycles. The molecule has 29 heavy (non-hydrogen) atoms. The minimum Gasteiger partial charge on any atom is -0.544 e. The number of nitrogens with two attached hydrogens (primary N) is 1. The third kappa shape index (κ3) is 4.49. The van der Waals surface area contributed by atoms with Crippen LogP contribution in [0.25, 0.3) is 10.2 Å². The van der Waals surface area contributed by atoms with Crippen LogP contribution in [0.3, 0.4) is 0 Å². The largest absolute Gasteiger partial charge is 0.544 e. The van der Waals surface area contributed by atoms with E-state index in [0.29, 0.717) is 12.8 Å². The summed E-state index contributed by atoms with van der Waals surface area (Å²) in [5.74, 6) is 0.760. The van der Waals surface area contributed by atoms with Gasteiger partial charge >= 0.3 is 0 Å². The number of aryl methyl sites for hydroxylation is 2. The second-order valence-electron chi connectivity index (χ2n) is 8.30. The molecule has 0 aliphatic heterocycles. The molecule has 4 rings (SSSR count). The molecule has 1 aliphatic rings. The molecule has 6 heteroatoms. The predicted octanol–water partition coefficient (Wildman–Crippen LogP) is 2.52. The summed E-state index contributed by atoms with van der Waals surface area (Å²) in [5, 5.41) is 14.7. The average molecular weight is 410 g/mol. The fraction of sp³-hybridized carbons (Fsp3) is 0.435. The van der Waals surface area contributed by atoms with Crippen molar-refractivity contribution in [1.82, 2.24) is 9.97 Å². The lowest BCUT2D eigenvalue weighted by molar-refractivity contribution is -0.610. The Morgan fingerprint density at radius 3 is 2.66 bits per heavy atom. The van der Waals surface area contributed by atoms with Gasteiger partial charge in [0.15, 0.2) is 0 Å². The maximum absolute atomic E-state index is 11.8. The van der Waals surface area contributed by atoms with Gasteiger partial charge in [0.05, 0.1) is 11.4 Å². The Hall–Kier alpha value is -2.31. The van der Waals surface area contributed by atoms with E-state index in [4.69, 9.17) is 9.97 Å². The molecule has 3 aromatic rings. The van der Waals surface area contributed by atoms with Crippen molar-refractivity contribution in [2.45, 2.75) is 58.4 Å². The van der Waals surface area contributed by atoms with Crippen molar-refractivity contribution in [2.75, 3.05) is 0 Å².